The van der Waals surface area contributed by atoms with Crippen molar-refractivity contribution in [3.05, 3.63) is 74.5 Å². The molecule has 0 aliphatic heterocycles. The number of nitrogens with one attached hydrogen (secondary N) is 1. The first-order valence-electron chi connectivity index (χ1n) is 5.95. The molecule has 0 bridgehead atoms. The van der Waals surface area contributed by atoms with Crippen LogP contribution in [0.3, 0.4) is 0 Å². The van der Waals surface area contributed by atoms with Gasteiger partial charge in [0, 0.05) is 29.7 Å². The van der Waals surface area contributed by atoms with Crippen LogP contribution >= 0.6 is 11.6 Å². The van der Waals surface area contributed by atoms with E-state index in [4.69, 9.17) is 11.6 Å². The third kappa shape index (κ3) is 3.53. The fourth-order valence-corrected chi connectivity index (χ4v) is 1.91. The Morgan fingerprint density at radius 1 is 1.15 bits per heavy atom. The quantitative estimate of drug-likeness (QED) is 0.676. The Morgan fingerprint density at radius 2 is 1.85 bits per heavy atom. The van der Waals surface area contributed by atoms with E-state index < -0.39 is 16.4 Å². The zero-order valence-electron chi connectivity index (χ0n) is 10.5. The molecule has 4 nitrogen and oxygen atoms in total. The zero-order valence-corrected chi connectivity index (χ0v) is 11.2. The standard InChI is InChI=1S/C14H12ClFN2O2/c15-12-6-4-10(5-7-12)8-17-9-11-2-1-3-13(14(11)16)18(19)20/h1-7,17H,8-9H2. The predicted octanol–water partition coefficient (Wildman–Crippen LogP) is 3.68. The first-order valence-corrected chi connectivity index (χ1v) is 6.32. The average molecular weight is 295 g/mol. The molecule has 1 N–H and O–H groups in total. The highest BCUT2D eigenvalue weighted by molar-refractivity contribution is 6.30. The van der Waals surface area contributed by atoms with E-state index in [-0.39, 0.29) is 12.1 Å². The van der Waals surface area contributed by atoms with E-state index in [0.717, 1.165) is 11.6 Å². The number of hydrogen-bond donors (Lipinski definition) is 1. The van der Waals surface area contributed by atoms with E-state index in [9.17, 15) is 14.5 Å². The number of nitro groups is 1. The van der Waals surface area contributed by atoms with Crippen LogP contribution in [0.1, 0.15) is 11.1 Å². The van der Waals surface area contributed by atoms with Gasteiger partial charge in [0.15, 0.2) is 0 Å². The summed E-state index contributed by atoms with van der Waals surface area (Å²) in [5.74, 6) is -0.791. The van der Waals surface area contributed by atoms with Gasteiger partial charge >= 0.3 is 5.69 Å². The van der Waals surface area contributed by atoms with Crippen LogP contribution in [0, 0.1) is 15.9 Å². The Morgan fingerprint density at radius 3 is 2.50 bits per heavy atom. The Labute approximate surface area is 120 Å². The van der Waals surface area contributed by atoms with Gasteiger partial charge < -0.3 is 5.32 Å². The van der Waals surface area contributed by atoms with Gasteiger partial charge in [0.25, 0.3) is 0 Å². The molecule has 0 aliphatic rings. The summed E-state index contributed by atoms with van der Waals surface area (Å²) in [4.78, 5) is 9.91. The second-order valence-corrected chi connectivity index (χ2v) is 4.67. The summed E-state index contributed by atoms with van der Waals surface area (Å²) in [6, 6.07) is 11.4. The van der Waals surface area contributed by atoms with Crippen molar-refractivity contribution in [2.45, 2.75) is 13.1 Å². The zero-order chi connectivity index (χ0) is 14.5. The lowest BCUT2D eigenvalue weighted by Crippen LogP contribution is -2.14. The van der Waals surface area contributed by atoms with Gasteiger partial charge in [-0.2, -0.15) is 4.39 Å². The van der Waals surface area contributed by atoms with Crippen LogP contribution < -0.4 is 5.32 Å². The summed E-state index contributed by atoms with van der Waals surface area (Å²) in [6.07, 6.45) is 0. The fourth-order valence-electron chi connectivity index (χ4n) is 1.79. The minimum Gasteiger partial charge on any atom is -0.309 e. The van der Waals surface area contributed by atoms with Crippen LogP contribution in [0.4, 0.5) is 10.1 Å². The van der Waals surface area contributed by atoms with Crippen LogP contribution in [0.25, 0.3) is 0 Å². The number of benzene rings is 2. The molecule has 6 heteroatoms. The summed E-state index contributed by atoms with van der Waals surface area (Å²) in [5, 5.41) is 14.3. The number of nitrogens with zero attached hydrogens (tertiary/aromatic N) is 1. The van der Waals surface area contributed by atoms with Gasteiger partial charge in [-0.15, -0.1) is 0 Å². The molecule has 0 radical (unpaired) electrons. The number of nitro benzene ring substituents is 1. The molecule has 0 spiro atoms. The van der Waals surface area contributed by atoms with Crippen LogP contribution in [-0.2, 0) is 13.1 Å². The Bertz CT molecular complexity index is 617. The second-order valence-electron chi connectivity index (χ2n) is 4.24. The largest absolute Gasteiger partial charge is 0.309 e. The minimum absolute atomic E-state index is 0.218. The fraction of sp³-hybridized carbons (Fsp3) is 0.143. The van der Waals surface area contributed by atoms with E-state index in [1.807, 2.05) is 12.1 Å². The Hall–Kier alpha value is -1.98. The monoisotopic (exact) mass is 294 g/mol. The molecule has 0 saturated heterocycles. The third-order valence-electron chi connectivity index (χ3n) is 2.81. The molecule has 0 amide bonds. The molecule has 2 aromatic carbocycles. The molecule has 0 aromatic heterocycles. The highest BCUT2D eigenvalue weighted by atomic mass is 35.5. The van der Waals surface area contributed by atoms with E-state index in [2.05, 4.69) is 5.32 Å². The van der Waals surface area contributed by atoms with Crippen LogP contribution in [0.2, 0.25) is 5.02 Å². The Balaban J connectivity index is 1.99. The average Bonchev–Trinajstić information content (AvgIpc) is 2.42. The van der Waals surface area contributed by atoms with Crippen molar-refractivity contribution in [1.29, 1.82) is 0 Å². The van der Waals surface area contributed by atoms with Crippen molar-refractivity contribution in [1.82, 2.24) is 5.32 Å². The summed E-state index contributed by atoms with van der Waals surface area (Å²) in [7, 11) is 0. The van der Waals surface area contributed by atoms with E-state index >= 15 is 0 Å². The van der Waals surface area contributed by atoms with Gasteiger partial charge in [-0.1, -0.05) is 35.9 Å². The highest BCUT2D eigenvalue weighted by Crippen LogP contribution is 2.20. The number of rotatable bonds is 5. The van der Waals surface area contributed by atoms with Gasteiger partial charge in [0.1, 0.15) is 0 Å². The third-order valence-corrected chi connectivity index (χ3v) is 3.06. The van der Waals surface area contributed by atoms with E-state index in [0.29, 0.717) is 11.6 Å². The predicted molar refractivity (Wildman–Crippen MR) is 75.1 cm³/mol. The number of hydrogen-bond acceptors (Lipinski definition) is 3. The molecular weight excluding hydrogens is 283 g/mol. The van der Waals surface area contributed by atoms with Crippen LogP contribution in [-0.4, -0.2) is 4.92 Å². The van der Waals surface area contributed by atoms with Crippen LogP contribution in [0.15, 0.2) is 42.5 Å². The molecule has 0 atom stereocenters. The van der Waals surface area contributed by atoms with Gasteiger partial charge in [0.05, 0.1) is 4.92 Å². The highest BCUT2D eigenvalue weighted by Gasteiger charge is 2.16. The van der Waals surface area contributed by atoms with Crippen molar-refractivity contribution >= 4 is 17.3 Å². The van der Waals surface area contributed by atoms with Gasteiger partial charge in [-0.05, 0) is 17.7 Å². The maximum atomic E-state index is 13.8. The molecule has 2 aromatic rings. The summed E-state index contributed by atoms with van der Waals surface area (Å²) in [6.45, 7) is 0.745. The molecule has 0 saturated carbocycles. The molecule has 0 unspecified atom stereocenters. The first-order chi connectivity index (χ1) is 9.58. The van der Waals surface area contributed by atoms with Crippen molar-refractivity contribution in [2.24, 2.45) is 0 Å². The van der Waals surface area contributed by atoms with E-state index in [1.54, 1.807) is 12.1 Å². The van der Waals surface area contributed by atoms with E-state index in [1.165, 1.54) is 12.1 Å². The molecule has 20 heavy (non-hydrogen) atoms. The lowest BCUT2D eigenvalue weighted by molar-refractivity contribution is -0.387. The summed E-state index contributed by atoms with van der Waals surface area (Å²) >= 11 is 5.78. The molecular formula is C14H12ClFN2O2. The molecule has 0 aliphatic carbocycles. The molecule has 0 fully saturated rings. The second kappa shape index (κ2) is 6.45. The van der Waals surface area contributed by atoms with Crippen LogP contribution in [0.5, 0.6) is 0 Å². The SMILES string of the molecule is O=[N+]([O-])c1cccc(CNCc2ccc(Cl)cc2)c1F. The van der Waals surface area contributed by atoms with Crippen molar-refractivity contribution in [3.8, 4) is 0 Å². The summed E-state index contributed by atoms with van der Waals surface area (Å²) in [5.41, 5.74) is 0.768. The van der Waals surface area contributed by atoms with Crippen molar-refractivity contribution in [2.75, 3.05) is 0 Å². The first kappa shape index (κ1) is 14.4. The maximum Gasteiger partial charge on any atom is 0.305 e. The van der Waals surface area contributed by atoms with Gasteiger partial charge in [0.2, 0.25) is 5.82 Å². The smallest absolute Gasteiger partial charge is 0.305 e. The Kier molecular flexibility index (Phi) is 4.65. The molecule has 2 rings (SSSR count). The lowest BCUT2D eigenvalue weighted by Gasteiger charge is -2.06. The van der Waals surface area contributed by atoms with Gasteiger partial charge in [-0.25, -0.2) is 0 Å². The molecule has 0 heterocycles. The maximum absolute atomic E-state index is 13.8. The molecule has 104 valence electrons. The lowest BCUT2D eigenvalue weighted by atomic mass is 10.1. The van der Waals surface area contributed by atoms with Gasteiger partial charge in [-0.3, -0.25) is 10.1 Å². The number of halogens is 2. The normalized spacial score (nSPS) is 10.5. The topological polar surface area (TPSA) is 55.2 Å². The van der Waals surface area contributed by atoms with Crippen molar-refractivity contribution < 1.29 is 9.31 Å². The van der Waals surface area contributed by atoms with Crippen molar-refractivity contribution in [3.63, 3.8) is 0 Å². The summed E-state index contributed by atoms with van der Waals surface area (Å²) < 4.78 is 13.8. The minimum atomic E-state index is -0.791.